The van der Waals surface area contributed by atoms with Gasteiger partial charge in [-0.2, -0.15) is 0 Å². The third-order valence-corrected chi connectivity index (χ3v) is 3.94. The first-order valence-electron chi connectivity index (χ1n) is 5.92. The molecule has 0 bridgehead atoms. The largest absolute Gasteiger partial charge is 0.493 e. The van der Waals surface area contributed by atoms with E-state index in [9.17, 15) is 0 Å². The highest BCUT2D eigenvalue weighted by Crippen LogP contribution is 2.47. The molecule has 0 spiro atoms. The Labute approximate surface area is 116 Å². The smallest absolute Gasteiger partial charge is 0.203 e. The van der Waals surface area contributed by atoms with E-state index in [1.807, 2.05) is 6.07 Å². The molecule has 1 fully saturated rings. The predicted octanol–water partition coefficient (Wildman–Crippen LogP) is 2.55. The highest BCUT2D eigenvalue weighted by atomic mass is 79.9. The van der Waals surface area contributed by atoms with Gasteiger partial charge < -0.3 is 19.5 Å². The first kappa shape index (κ1) is 13.5. The number of rotatable bonds is 4. The van der Waals surface area contributed by atoms with Crippen molar-refractivity contribution >= 4 is 15.9 Å². The fourth-order valence-electron chi connectivity index (χ4n) is 2.43. The average Bonchev–Trinajstić information content (AvgIpc) is 2.90. The van der Waals surface area contributed by atoms with Crippen LogP contribution in [0.15, 0.2) is 10.5 Å². The van der Waals surface area contributed by atoms with E-state index in [1.165, 1.54) is 0 Å². The summed E-state index contributed by atoms with van der Waals surface area (Å²) in [5.74, 6) is 2.53. The van der Waals surface area contributed by atoms with Gasteiger partial charge in [-0.05, 0) is 19.0 Å². The first-order chi connectivity index (χ1) is 8.72. The summed E-state index contributed by atoms with van der Waals surface area (Å²) in [6.07, 6.45) is 1.10. The highest BCUT2D eigenvalue weighted by Gasteiger charge is 2.27. The summed E-state index contributed by atoms with van der Waals surface area (Å²) < 4.78 is 17.3. The number of benzene rings is 1. The van der Waals surface area contributed by atoms with Gasteiger partial charge in [0.1, 0.15) is 0 Å². The molecule has 4 nitrogen and oxygen atoms in total. The highest BCUT2D eigenvalue weighted by molar-refractivity contribution is 9.10. The van der Waals surface area contributed by atoms with Gasteiger partial charge in [-0.1, -0.05) is 15.9 Å². The zero-order chi connectivity index (χ0) is 13.1. The number of halogens is 1. The van der Waals surface area contributed by atoms with Crippen molar-refractivity contribution in [3.8, 4) is 17.2 Å². The van der Waals surface area contributed by atoms with Crippen LogP contribution in [0.2, 0.25) is 0 Å². The summed E-state index contributed by atoms with van der Waals surface area (Å²) in [7, 11) is 4.92. The van der Waals surface area contributed by atoms with Crippen LogP contribution in [-0.4, -0.2) is 34.4 Å². The SMILES string of the molecule is COc1cc(Br)c(C2CCNC2)c(OC)c1OC. The maximum absolute atomic E-state index is 5.54. The van der Waals surface area contributed by atoms with Gasteiger partial charge in [-0.15, -0.1) is 0 Å². The van der Waals surface area contributed by atoms with E-state index in [0.717, 1.165) is 35.3 Å². The lowest BCUT2D eigenvalue weighted by atomic mass is 9.96. The third kappa shape index (κ3) is 2.29. The maximum Gasteiger partial charge on any atom is 0.203 e. The van der Waals surface area contributed by atoms with Crippen LogP contribution in [0.25, 0.3) is 0 Å². The van der Waals surface area contributed by atoms with Gasteiger partial charge in [0.05, 0.1) is 21.3 Å². The predicted molar refractivity (Wildman–Crippen MR) is 74.0 cm³/mol. The number of ether oxygens (including phenoxy) is 3. The van der Waals surface area contributed by atoms with E-state index >= 15 is 0 Å². The molecule has 0 amide bonds. The quantitative estimate of drug-likeness (QED) is 0.927. The zero-order valence-corrected chi connectivity index (χ0v) is 12.5. The molecule has 1 unspecified atom stereocenters. The van der Waals surface area contributed by atoms with Gasteiger partial charge in [0, 0.05) is 22.5 Å². The molecular formula is C13H18BrNO3. The topological polar surface area (TPSA) is 39.7 Å². The van der Waals surface area contributed by atoms with Crippen molar-refractivity contribution in [1.82, 2.24) is 5.32 Å². The molecule has 1 aliphatic heterocycles. The maximum atomic E-state index is 5.54. The summed E-state index contributed by atoms with van der Waals surface area (Å²) in [4.78, 5) is 0. The molecule has 2 rings (SSSR count). The summed E-state index contributed by atoms with van der Waals surface area (Å²) >= 11 is 3.61. The Hall–Kier alpha value is -0.940. The van der Waals surface area contributed by atoms with Gasteiger partial charge in [-0.25, -0.2) is 0 Å². The van der Waals surface area contributed by atoms with Gasteiger partial charge in [-0.3, -0.25) is 0 Å². The lowest BCUT2D eigenvalue weighted by Gasteiger charge is -2.20. The van der Waals surface area contributed by atoms with Gasteiger partial charge in [0.2, 0.25) is 5.75 Å². The normalized spacial score (nSPS) is 18.8. The van der Waals surface area contributed by atoms with Crippen molar-refractivity contribution in [2.45, 2.75) is 12.3 Å². The van der Waals surface area contributed by atoms with Crippen molar-refractivity contribution in [3.05, 3.63) is 16.1 Å². The monoisotopic (exact) mass is 315 g/mol. The molecule has 1 heterocycles. The standard InChI is InChI=1S/C13H18BrNO3/c1-16-10-6-9(14)11(8-4-5-15-7-8)13(18-3)12(10)17-2/h6,8,15H,4-5,7H2,1-3H3. The van der Waals surface area contributed by atoms with Crippen LogP contribution in [0, 0.1) is 0 Å². The Kier molecular flexibility index (Phi) is 4.35. The second kappa shape index (κ2) is 5.80. The molecule has 0 aromatic heterocycles. The van der Waals surface area contributed by atoms with Crippen LogP contribution in [0.3, 0.4) is 0 Å². The van der Waals surface area contributed by atoms with Crippen molar-refractivity contribution < 1.29 is 14.2 Å². The van der Waals surface area contributed by atoms with E-state index < -0.39 is 0 Å². The minimum atomic E-state index is 0.439. The second-order valence-electron chi connectivity index (χ2n) is 4.23. The third-order valence-electron chi connectivity index (χ3n) is 3.29. The molecule has 1 atom stereocenters. The van der Waals surface area contributed by atoms with Gasteiger partial charge >= 0.3 is 0 Å². The molecule has 1 saturated heterocycles. The fraction of sp³-hybridized carbons (Fsp3) is 0.538. The van der Waals surface area contributed by atoms with E-state index in [2.05, 4.69) is 21.2 Å². The summed E-state index contributed by atoms with van der Waals surface area (Å²) in [5, 5.41) is 3.37. The lowest BCUT2D eigenvalue weighted by molar-refractivity contribution is 0.320. The molecule has 1 N–H and O–H groups in total. The number of hydrogen-bond donors (Lipinski definition) is 1. The first-order valence-corrected chi connectivity index (χ1v) is 6.71. The molecule has 0 aliphatic carbocycles. The number of nitrogens with one attached hydrogen (secondary N) is 1. The zero-order valence-electron chi connectivity index (χ0n) is 10.9. The molecule has 0 radical (unpaired) electrons. The van der Waals surface area contributed by atoms with Crippen molar-refractivity contribution in [2.75, 3.05) is 34.4 Å². The van der Waals surface area contributed by atoms with Gasteiger partial charge in [0.15, 0.2) is 11.5 Å². The van der Waals surface area contributed by atoms with Crippen LogP contribution < -0.4 is 19.5 Å². The molecule has 18 heavy (non-hydrogen) atoms. The Bertz CT molecular complexity index is 431. The number of hydrogen-bond acceptors (Lipinski definition) is 4. The minimum Gasteiger partial charge on any atom is -0.493 e. The van der Waals surface area contributed by atoms with Crippen molar-refractivity contribution in [1.29, 1.82) is 0 Å². The van der Waals surface area contributed by atoms with Gasteiger partial charge in [0.25, 0.3) is 0 Å². The molecule has 0 saturated carbocycles. The molecule has 100 valence electrons. The Morgan fingerprint density at radius 1 is 1.17 bits per heavy atom. The number of methoxy groups -OCH3 is 3. The average molecular weight is 316 g/mol. The van der Waals surface area contributed by atoms with Crippen molar-refractivity contribution in [3.63, 3.8) is 0 Å². The molecular weight excluding hydrogens is 298 g/mol. The van der Waals surface area contributed by atoms with Crippen LogP contribution in [-0.2, 0) is 0 Å². The van der Waals surface area contributed by atoms with Crippen LogP contribution in [0.5, 0.6) is 17.2 Å². The summed E-state index contributed by atoms with van der Waals surface area (Å²) in [5.41, 5.74) is 1.15. The molecule has 1 aromatic rings. The van der Waals surface area contributed by atoms with Crippen LogP contribution in [0.4, 0.5) is 0 Å². The molecule has 1 aliphatic rings. The Morgan fingerprint density at radius 3 is 2.39 bits per heavy atom. The molecule has 1 aromatic carbocycles. The van der Waals surface area contributed by atoms with Crippen molar-refractivity contribution in [2.24, 2.45) is 0 Å². The van der Waals surface area contributed by atoms with E-state index in [1.54, 1.807) is 21.3 Å². The lowest BCUT2D eigenvalue weighted by Crippen LogP contribution is -2.10. The minimum absolute atomic E-state index is 0.439. The van der Waals surface area contributed by atoms with E-state index in [-0.39, 0.29) is 0 Å². The van der Waals surface area contributed by atoms with Crippen LogP contribution in [0.1, 0.15) is 17.9 Å². The Balaban J connectivity index is 2.56. The fourth-order valence-corrected chi connectivity index (χ4v) is 3.14. The Morgan fingerprint density at radius 2 is 1.89 bits per heavy atom. The second-order valence-corrected chi connectivity index (χ2v) is 5.08. The van der Waals surface area contributed by atoms with E-state index in [4.69, 9.17) is 14.2 Å². The summed E-state index contributed by atoms with van der Waals surface area (Å²) in [6.45, 7) is 2.00. The summed E-state index contributed by atoms with van der Waals surface area (Å²) in [6, 6.07) is 1.94. The van der Waals surface area contributed by atoms with E-state index in [0.29, 0.717) is 17.4 Å². The van der Waals surface area contributed by atoms with Crippen LogP contribution >= 0.6 is 15.9 Å². The molecule has 5 heteroatoms.